The molecule has 0 unspecified atom stereocenters. The first-order valence-corrected chi connectivity index (χ1v) is 7.86. The minimum Gasteiger partial charge on any atom is -0.389 e. The molecule has 0 amide bonds. The van der Waals surface area contributed by atoms with E-state index in [1.165, 1.54) is 4.88 Å². The second-order valence-electron chi connectivity index (χ2n) is 4.84. The van der Waals surface area contributed by atoms with Crippen LogP contribution in [0, 0.1) is 0 Å². The summed E-state index contributed by atoms with van der Waals surface area (Å²) in [5.41, 5.74) is 8.70. The summed E-state index contributed by atoms with van der Waals surface area (Å²) in [5, 5.41) is 3.16. The molecule has 0 aliphatic rings. The molecule has 0 radical (unpaired) electrons. The molecule has 3 rings (SSSR count). The number of rotatable bonds is 4. The van der Waals surface area contributed by atoms with Gasteiger partial charge in [-0.15, -0.1) is 11.3 Å². The largest absolute Gasteiger partial charge is 0.389 e. The maximum Gasteiger partial charge on any atom is 0.107 e. The van der Waals surface area contributed by atoms with E-state index in [2.05, 4.69) is 40.5 Å². The number of pyridine rings is 1. The van der Waals surface area contributed by atoms with Crippen LogP contribution < -0.4 is 10.6 Å². The Morgan fingerprint density at radius 2 is 2.10 bits per heavy atom. The van der Waals surface area contributed by atoms with Crippen molar-refractivity contribution in [3.63, 3.8) is 0 Å². The van der Waals surface area contributed by atoms with Crippen molar-refractivity contribution in [2.75, 3.05) is 11.9 Å². The number of fused-ring (bicyclic) bond motifs is 1. The first kappa shape index (κ1) is 14.0. The number of thiocarbonyl (C=S) groups is 1. The highest BCUT2D eigenvalue weighted by Crippen LogP contribution is 2.30. The number of para-hydroxylation sites is 1. The minimum atomic E-state index is 0.376. The standard InChI is InChI=1S/C16H15N3S2/c1-19(10-11-5-4-8-21-11)15-12-6-2-3-7-14(12)18-9-13(15)16(17)20/h2-9H,10H2,1H3,(H2,17,20). The molecule has 0 saturated carbocycles. The van der Waals surface area contributed by atoms with Crippen molar-refractivity contribution in [1.82, 2.24) is 4.98 Å². The van der Waals surface area contributed by atoms with Crippen LogP contribution in [0.25, 0.3) is 10.9 Å². The lowest BCUT2D eigenvalue weighted by molar-refractivity contribution is 0.943. The molecule has 0 fully saturated rings. The molecule has 2 N–H and O–H groups in total. The Balaban J connectivity index is 2.13. The third-order valence-corrected chi connectivity index (χ3v) is 4.45. The molecule has 21 heavy (non-hydrogen) atoms. The van der Waals surface area contributed by atoms with Gasteiger partial charge in [0, 0.05) is 23.5 Å². The smallest absolute Gasteiger partial charge is 0.107 e. The van der Waals surface area contributed by atoms with E-state index >= 15 is 0 Å². The van der Waals surface area contributed by atoms with Gasteiger partial charge in [0.05, 0.1) is 23.3 Å². The van der Waals surface area contributed by atoms with Crippen LogP contribution in [0.4, 0.5) is 5.69 Å². The van der Waals surface area contributed by atoms with E-state index in [0.717, 1.165) is 28.7 Å². The summed E-state index contributed by atoms with van der Waals surface area (Å²) in [5.74, 6) is 0. The summed E-state index contributed by atoms with van der Waals surface area (Å²) in [4.78, 5) is 8.31. The first-order valence-electron chi connectivity index (χ1n) is 6.58. The molecule has 0 aliphatic heterocycles. The van der Waals surface area contributed by atoms with Crippen molar-refractivity contribution in [2.45, 2.75) is 6.54 Å². The third kappa shape index (κ3) is 2.75. The van der Waals surface area contributed by atoms with Crippen LogP contribution in [0.1, 0.15) is 10.4 Å². The Bertz CT molecular complexity index is 781. The SMILES string of the molecule is CN(Cc1cccs1)c1c(C(N)=S)cnc2ccccc12. The number of hydrogen-bond acceptors (Lipinski definition) is 4. The lowest BCUT2D eigenvalue weighted by atomic mass is 10.1. The predicted molar refractivity (Wildman–Crippen MR) is 94.1 cm³/mol. The van der Waals surface area contributed by atoms with E-state index in [0.29, 0.717) is 4.99 Å². The van der Waals surface area contributed by atoms with Gasteiger partial charge < -0.3 is 10.6 Å². The highest BCUT2D eigenvalue weighted by atomic mass is 32.1. The van der Waals surface area contributed by atoms with Gasteiger partial charge in [-0.25, -0.2) is 0 Å². The van der Waals surface area contributed by atoms with Gasteiger partial charge in [0.2, 0.25) is 0 Å². The second-order valence-corrected chi connectivity index (χ2v) is 6.31. The molecule has 3 aromatic rings. The summed E-state index contributed by atoms with van der Waals surface area (Å²) >= 11 is 6.94. The molecule has 5 heteroatoms. The Kier molecular flexibility index (Phi) is 3.86. The third-order valence-electron chi connectivity index (χ3n) is 3.37. The summed E-state index contributed by atoms with van der Waals surface area (Å²) in [6.07, 6.45) is 1.77. The van der Waals surface area contributed by atoms with Gasteiger partial charge >= 0.3 is 0 Å². The van der Waals surface area contributed by atoms with Crippen LogP contribution in [0.2, 0.25) is 0 Å². The van der Waals surface area contributed by atoms with Crippen molar-refractivity contribution in [3.05, 3.63) is 58.4 Å². The molecule has 1 aromatic carbocycles. The van der Waals surface area contributed by atoms with E-state index in [1.807, 2.05) is 18.2 Å². The van der Waals surface area contributed by atoms with Crippen molar-refractivity contribution < 1.29 is 0 Å². The lowest BCUT2D eigenvalue weighted by Crippen LogP contribution is -2.22. The van der Waals surface area contributed by atoms with E-state index in [-0.39, 0.29) is 0 Å². The molecule has 2 heterocycles. The molecule has 2 aromatic heterocycles. The Morgan fingerprint density at radius 1 is 1.29 bits per heavy atom. The van der Waals surface area contributed by atoms with Crippen LogP contribution in [-0.2, 0) is 6.54 Å². The number of aromatic nitrogens is 1. The normalized spacial score (nSPS) is 10.7. The number of nitrogens with zero attached hydrogens (tertiary/aromatic N) is 2. The number of anilines is 1. The quantitative estimate of drug-likeness (QED) is 0.748. The second kappa shape index (κ2) is 5.79. The number of hydrogen-bond donors (Lipinski definition) is 1. The van der Waals surface area contributed by atoms with Crippen LogP contribution in [0.5, 0.6) is 0 Å². The van der Waals surface area contributed by atoms with Gasteiger partial charge in [-0.2, -0.15) is 0 Å². The molecular weight excluding hydrogens is 298 g/mol. The highest BCUT2D eigenvalue weighted by molar-refractivity contribution is 7.80. The molecule has 0 aliphatic carbocycles. The van der Waals surface area contributed by atoms with Gasteiger partial charge in [-0.05, 0) is 17.5 Å². The maximum atomic E-state index is 5.88. The fourth-order valence-electron chi connectivity index (χ4n) is 2.43. The van der Waals surface area contributed by atoms with Gasteiger partial charge in [-0.1, -0.05) is 36.5 Å². The van der Waals surface area contributed by atoms with Crippen molar-refractivity contribution in [2.24, 2.45) is 5.73 Å². The number of benzene rings is 1. The van der Waals surface area contributed by atoms with Gasteiger partial charge in [0.25, 0.3) is 0 Å². The van der Waals surface area contributed by atoms with Crippen LogP contribution in [-0.4, -0.2) is 17.0 Å². The summed E-state index contributed by atoms with van der Waals surface area (Å²) in [6.45, 7) is 0.821. The van der Waals surface area contributed by atoms with Crippen molar-refractivity contribution in [1.29, 1.82) is 0 Å². The fraction of sp³-hybridized carbons (Fsp3) is 0.125. The molecule has 3 nitrogen and oxygen atoms in total. The highest BCUT2D eigenvalue weighted by Gasteiger charge is 2.15. The molecule has 0 saturated heterocycles. The average Bonchev–Trinajstić information content (AvgIpc) is 2.98. The zero-order valence-corrected chi connectivity index (χ0v) is 13.2. The van der Waals surface area contributed by atoms with E-state index in [1.54, 1.807) is 17.5 Å². The number of thiophene rings is 1. The predicted octanol–water partition coefficient (Wildman–Crippen LogP) is 3.57. The minimum absolute atomic E-state index is 0.376. The van der Waals surface area contributed by atoms with Crippen molar-refractivity contribution >= 4 is 45.1 Å². The number of nitrogens with two attached hydrogens (primary N) is 1. The fourth-order valence-corrected chi connectivity index (χ4v) is 3.34. The van der Waals surface area contributed by atoms with Gasteiger partial charge in [-0.3, -0.25) is 4.98 Å². The zero-order chi connectivity index (χ0) is 14.8. The van der Waals surface area contributed by atoms with E-state index in [9.17, 15) is 0 Å². The monoisotopic (exact) mass is 313 g/mol. The summed E-state index contributed by atoms with van der Waals surface area (Å²) in [7, 11) is 2.06. The topological polar surface area (TPSA) is 42.1 Å². The van der Waals surface area contributed by atoms with Crippen LogP contribution >= 0.6 is 23.6 Å². The summed E-state index contributed by atoms with van der Waals surface area (Å²) in [6, 6.07) is 12.2. The molecular formula is C16H15N3S2. The average molecular weight is 313 g/mol. The Labute approximate surface area is 133 Å². The molecule has 0 atom stereocenters. The first-order chi connectivity index (χ1) is 10.2. The molecule has 0 spiro atoms. The van der Waals surface area contributed by atoms with Crippen LogP contribution in [0.3, 0.4) is 0 Å². The van der Waals surface area contributed by atoms with Crippen molar-refractivity contribution in [3.8, 4) is 0 Å². The van der Waals surface area contributed by atoms with Gasteiger partial charge in [0.1, 0.15) is 4.99 Å². The molecule has 0 bridgehead atoms. The van der Waals surface area contributed by atoms with E-state index in [4.69, 9.17) is 18.0 Å². The Morgan fingerprint density at radius 3 is 2.81 bits per heavy atom. The van der Waals surface area contributed by atoms with Crippen LogP contribution in [0.15, 0.2) is 48.0 Å². The maximum absolute atomic E-state index is 5.88. The summed E-state index contributed by atoms with van der Waals surface area (Å²) < 4.78 is 0. The Hall–Kier alpha value is -1.98. The molecule has 106 valence electrons. The van der Waals surface area contributed by atoms with Gasteiger partial charge in [0.15, 0.2) is 0 Å². The van der Waals surface area contributed by atoms with E-state index < -0.39 is 0 Å². The lowest BCUT2D eigenvalue weighted by Gasteiger charge is -2.23. The zero-order valence-electron chi connectivity index (χ0n) is 11.6.